The first-order valence-corrected chi connectivity index (χ1v) is 10.5. The number of hydrogen-bond donors (Lipinski definition) is 2. The molecule has 0 aliphatic heterocycles. The molecule has 3 rings (SSSR count). The first-order valence-electron chi connectivity index (χ1n) is 8.95. The third-order valence-electron chi connectivity index (χ3n) is 4.13. The summed E-state index contributed by atoms with van der Waals surface area (Å²) in [7, 11) is 1.49. The van der Waals surface area contributed by atoms with Gasteiger partial charge < -0.3 is 15.4 Å². The van der Waals surface area contributed by atoms with Crippen LogP contribution in [0.2, 0.25) is 0 Å². The molecule has 0 saturated carbocycles. The third-order valence-corrected chi connectivity index (χ3v) is 5.18. The van der Waals surface area contributed by atoms with E-state index in [1.165, 1.54) is 7.11 Å². The van der Waals surface area contributed by atoms with Crippen molar-refractivity contribution < 1.29 is 14.3 Å². The molecule has 0 bridgehead atoms. The lowest BCUT2D eigenvalue weighted by atomic mass is 10.1. The maximum absolute atomic E-state index is 12.9. The van der Waals surface area contributed by atoms with Gasteiger partial charge in [0.25, 0.3) is 11.8 Å². The molecule has 0 fully saturated rings. The van der Waals surface area contributed by atoms with Crippen molar-refractivity contribution >= 4 is 55.4 Å². The van der Waals surface area contributed by atoms with Crippen LogP contribution in [0.15, 0.2) is 87.4 Å². The fourth-order valence-corrected chi connectivity index (χ4v) is 3.17. The number of amides is 2. The van der Waals surface area contributed by atoms with Crippen molar-refractivity contribution in [1.82, 2.24) is 5.32 Å². The lowest BCUT2D eigenvalue weighted by Crippen LogP contribution is -2.31. The highest BCUT2D eigenvalue weighted by Crippen LogP contribution is 2.19. The second-order valence-corrected chi connectivity index (χ2v) is 8.06. The highest BCUT2D eigenvalue weighted by Gasteiger charge is 2.17. The molecule has 5 nitrogen and oxygen atoms in total. The molecule has 0 spiro atoms. The molecule has 3 aromatic rings. The Kier molecular flexibility index (Phi) is 7.43. The number of anilines is 1. The van der Waals surface area contributed by atoms with Crippen LogP contribution in [0.25, 0.3) is 6.08 Å². The van der Waals surface area contributed by atoms with E-state index in [-0.39, 0.29) is 5.70 Å². The van der Waals surface area contributed by atoms with Crippen LogP contribution >= 0.6 is 31.9 Å². The molecule has 152 valence electrons. The fourth-order valence-electron chi connectivity index (χ4n) is 2.64. The zero-order valence-electron chi connectivity index (χ0n) is 16.0. The predicted octanol–water partition coefficient (Wildman–Crippen LogP) is 5.63. The van der Waals surface area contributed by atoms with Gasteiger partial charge in [-0.1, -0.05) is 56.1 Å². The zero-order chi connectivity index (χ0) is 21.5. The largest absolute Gasteiger partial charge is 0.496 e. The number of methoxy groups -OCH3 is 1. The van der Waals surface area contributed by atoms with Crippen molar-refractivity contribution in [3.8, 4) is 5.75 Å². The molecule has 0 aliphatic rings. The third kappa shape index (κ3) is 5.81. The van der Waals surface area contributed by atoms with Crippen LogP contribution in [-0.2, 0) is 4.79 Å². The van der Waals surface area contributed by atoms with Gasteiger partial charge in [0.2, 0.25) is 0 Å². The van der Waals surface area contributed by atoms with Gasteiger partial charge in [-0.25, -0.2) is 0 Å². The van der Waals surface area contributed by atoms with Crippen molar-refractivity contribution in [3.63, 3.8) is 0 Å². The van der Waals surface area contributed by atoms with Crippen LogP contribution in [0.4, 0.5) is 5.69 Å². The van der Waals surface area contributed by atoms with Gasteiger partial charge in [-0.2, -0.15) is 0 Å². The lowest BCUT2D eigenvalue weighted by molar-refractivity contribution is -0.113. The van der Waals surface area contributed by atoms with Crippen molar-refractivity contribution in [3.05, 3.63) is 98.6 Å². The van der Waals surface area contributed by atoms with E-state index >= 15 is 0 Å². The van der Waals surface area contributed by atoms with Gasteiger partial charge in [0, 0.05) is 14.6 Å². The summed E-state index contributed by atoms with van der Waals surface area (Å²) in [4.78, 5) is 25.8. The molecule has 0 unspecified atom stereocenters. The minimum atomic E-state index is -0.443. The molecule has 3 aromatic carbocycles. The lowest BCUT2D eigenvalue weighted by Gasteiger charge is -2.13. The maximum atomic E-state index is 12.9. The maximum Gasteiger partial charge on any atom is 0.272 e. The van der Waals surface area contributed by atoms with Crippen molar-refractivity contribution in [1.29, 1.82) is 0 Å². The SMILES string of the molecule is COc1ccccc1C(=O)N/C(=C/c1ccc(Br)cc1)C(=O)Nc1ccc(Br)cc1. The highest BCUT2D eigenvalue weighted by atomic mass is 79.9. The number of hydrogen-bond acceptors (Lipinski definition) is 3. The number of halogens is 2. The topological polar surface area (TPSA) is 67.4 Å². The van der Waals surface area contributed by atoms with Crippen molar-refractivity contribution in [2.24, 2.45) is 0 Å². The minimum absolute atomic E-state index is 0.108. The number of carbonyl (C=O) groups excluding carboxylic acids is 2. The number of para-hydroxylation sites is 1. The van der Waals surface area contributed by atoms with Gasteiger partial charge in [0.1, 0.15) is 11.4 Å². The Morgan fingerprint density at radius 3 is 2.10 bits per heavy atom. The minimum Gasteiger partial charge on any atom is -0.496 e. The second kappa shape index (κ2) is 10.2. The van der Waals surface area contributed by atoms with Gasteiger partial charge in [-0.3, -0.25) is 9.59 Å². The van der Waals surface area contributed by atoms with Gasteiger partial charge in [-0.05, 0) is 60.2 Å². The molecule has 0 heterocycles. The first-order chi connectivity index (χ1) is 14.5. The molecule has 2 N–H and O–H groups in total. The smallest absolute Gasteiger partial charge is 0.272 e. The summed E-state index contributed by atoms with van der Waals surface area (Å²) in [6.45, 7) is 0. The van der Waals surface area contributed by atoms with Gasteiger partial charge in [-0.15, -0.1) is 0 Å². The number of benzene rings is 3. The predicted molar refractivity (Wildman–Crippen MR) is 125 cm³/mol. The molecule has 0 saturated heterocycles. The van der Waals surface area contributed by atoms with E-state index in [4.69, 9.17) is 4.74 Å². The summed E-state index contributed by atoms with van der Waals surface area (Å²) >= 11 is 6.76. The number of ether oxygens (including phenoxy) is 1. The van der Waals surface area contributed by atoms with E-state index in [2.05, 4.69) is 42.5 Å². The molecule has 0 aliphatic carbocycles. The summed E-state index contributed by atoms with van der Waals surface area (Å²) in [5.41, 5.74) is 1.81. The average molecular weight is 530 g/mol. The Balaban J connectivity index is 1.90. The summed E-state index contributed by atoms with van der Waals surface area (Å²) in [6, 6.07) is 21.4. The van der Waals surface area contributed by atoms with Crippen LogP contribution in [0.3, 0.4) is 0 Å². The van der Waals surface area contributed by atoms with Crippen LogP contribution in [0.1, 0.15) is 15.9 Å². The second-order valence-electron chi connectivity index (χ2n) is 6.22. The quantitative estimate of drug-likeness (QED) is 0.407. The molecule has 0 radical (unpaired) electrons. The molecule has 0 atom stereocenters. The Bertz CT molecular complexity index is 1080. The molecule has 30 heavy (non-hydrogen) atoms. The summed E-state index contributed by atoms with van der Waals surface area (Å²) in [5.74, 6) is -0.462. The summed E-state index contributed by atoms with van der Waals surface area (Å²) in [6.07, 6.45) is 1.62. The highest BCUT2D eigenvalue weighted by molar-refractivity contribution is 9.10. The van der Waals surface area contributed by atoms with Gasteiger partial charge in [0.15, 0.2) is 0 Å². The Hall–Kier alpha value is -2.90. The Morgan fingerprint density at radius 2 is 1.47 bits per heavy atom. The van der Waals surface area contributed by atoms with Gasteiger partial charge >= 0.3 is 0 Å². The van der Waals surface area contributed by atoms with Crippen LogP contribution in [0.5, 0.6) is 5.75 Å². The van der Waals surface area contributed by atoms with E-state index in [9.17, 15) is 9.59 Å². The van der Waals surface area contributed by atoms with Crippen molar-refractivity contribution in [2.45, 2.75) is 0 Å². The van der Waals surface area contributed by atoms with E-state index in [0.29, 0.717) is 17.0 Å². The number of nitrogens with one attached hydrogen (secondary N) is 2. The average Bonchev–Trinajstić information content (AvgIpc) is 2.76. The van der Waals surface area contributed by atoms with E-state index in [1.807, 2.05) is 36.4 Å². The van der Waals surface area contributed by atoms with E-state index < -0.39 is 11.8 Å². The monoisotopic (exact) mass is 528 g/mol. The normalized spacial score (nSPS) is 11.0. The molecular formula is C23H18Br2N2O3. The van der Waals surface area contributed by atoms with Crippen LogP contribution in [-0.4, -0.2) is 18.9 Å². The van der Waals surface area contributed by atoms with Crippen molar-refractivity contribution in [2.75, 3.05) is 12.4 Å². The van der Waals surface area contributed by atoms with Gasteiger partial charge in [0.05, 0.1) is 12.7 Å². The number of carbonyl (C=O) groups is 2. The summed E-state index contributed by atoms with van der Waals surface area (Å²) in [5, 5.41) is 5.51. The Morgan fingerprint density at radius 1 is 0.867 bits per heavy atom. The zero-order valence-corrected chi connectivity index (χ0v) is 19.2. The molecule has 2 amide bonds. The molecule has 0 aromatic heterocycles. The fraction of sp³-hybridized carbons (Fsp3) is 0.0435. The standard InChI is InChI=1S/C23H18Br2N2O3/c1-30-21-5-3-2-4-19(21)22(28)27-20(14-15-6-8-16(24)9-7-15)23(29)26-18-12-10-17(25)11-13-18/h2-14H,1H3,(H,26,29)(H,27,28)/b20-14+. The van der Waals surface area contributed by atoms with E-state index in [1.54, 1.807) is 42.5 Å². The first kappa shape index (κ1) is 21.8. The molecule has 7 heteroatoms. The Labute approximate surface area is 191 Å². The van der Waals surface area contributed by atoms with Crippen LogP contribution < -0.4 is 15.4 Å². The molecular weight excluding hydrogens is 512 g/mol. The summed E-state index contributed by atoms with van der Waals surface area (Å²) < 4.78 is 7.07. The number of rotatable bonds is 6. The van der Waals surface area contributed by atoms with E-state index in [0.717, 1.165) is 14.5 Å². The van der Waals surface area contributed by atoms with Crippen LogP contribution in [0, 0.1) is 0 Å².